The van der Waals surface area contributed by atoms with Crippen molar-refractivity contribution in [3.63, 3.8) is 0 Å². The molecule has 9 heavy (non-hydrogen) atoms. The number of dihydropyridines is 1. The van der Waals surface area contributed by atoms with Crippen LogP contribution in [0.1, 0.15) is 0 Å². The van der Waals surface area contributed by atoms with Crippen LogP contribution in [0, 0.1) is 0 Å². The first-order valence-electron chi connectivity index (χ1n) is 2.86. The molecular weight excluding hydrogens is 110 g/mol. The Morgan fingerprint density at radius 1 is 1.44 bits per heavy atom. The highest BCUT2D eigenvalue weighted by molar-refractivity contribution is 5.29. The molecule has 0 saturated heterocycles. The van der Waals surface area contributed by atoms with Gasteiger partial charge in [-0.1, -0.05) is 18.7 Å². The predicted octanol–water partition coefficient (Wildman–Crippen LogP) is 1.73. The number of hydrogen-bond acceptors (Lipinski definition) is 1. The van der Waals surface area contributed by atoms with Crippen molar-refractivity contribution in [3.8, 4) is 0 Å². The molecule has 0 atom stereocenters. The summed E-state index contributed by atoms with van der Waals surface area (Å²) in [5.74, 6) is 0. The fourth-order valence-corrected chi connectivity index (χ4v) is 0.638. The van der Waals surface area contributed by atoms with Crippen LogP contribution in [0.5, 0.6) is 0 Å². The van der Waals surface area contributed by atoms with Gasteiger partial charge in [0.05, 0.1) is 0 Å². The van der Waals surface area contributed by atoms with Gasteiger partial charge < -0.3 is 5.32 Å². The maximum Gasteiger partial charge on any atom is 0.0379 e. The molecule has 1 nitrogen and oxygen atoms in total. The summed E-state index contributed by atoms with van der Waals surface area (Å²) >= 11 is 0. The molecule has 0 radical (unpaired) electrons. The second-order valence-corrected chi connectivity index (χ2v) is 1.72. The van der Waals surface area contributed by atoms with Gasteiger partial charge in [0.25, 0.3) is 0 Å². The summed E-state index contributed by atoms with van der Waals surface area (Å²) in [6.07, 6.45) is 11.5. The van der Waals surface area contributed by atoms with E-state index in [1.807, 2.05) is 30.5 Å². The quantitative estimate of drug-likeness (QED) is 0.554. The Morgan fingerprint density at radius 2 is 2.33 bits per heavy atom. The van der Waals surface area contributed by atoms with Gasteiger partial charge in [-0.25, -0.2) is 0 Å². The molecule has 0 aromatic rings. The standard InChI is InChI=1S/C8H9N/c1-2-5-8-6-3-4-7-9-8/h2-7,9H,1H2/b8-5+. The highest BCUT2D eigenvalue weighted by Gasteiger charge is 1.86. The first kappa shape index (κ1) is 5.89. The van der Waals surface area contributed by atoms with E-state index in [0.717, 1.165) is 5.70 Å². The summed E-state index contributed by atoms with van der Waals surface area (Å²) in [6.45, 7) is 3.58. The van der Waals surface area contributed by atoms with Gasteiger partial charge in [0, 0.05) is 11.9 Å². The first-order chi connectivity index (χ1) is 4.43. The van der Waals surface area contributed by atoms with Crippen LogP contribution in [-0.2, 0) is 0 Å². The second kappa shape index (κ2) is 2.92. The number of allylic oxidation sites excluding steroid dienone is 5. The van der Waals surface area contributed by atoms with Gasteiger partial charge in [-0.3, -0.25) is 0 Å². The fraction of sp³-hybridized carbons (Fsp3) is 0. The third-order valence-corrected chi connectivity index (χ3v) is 1.03. The third kappa shape index (κ3) is 1.61. The Bertz CT molecular complexity index is 185. The minimum atomic E-state index is 1.08. The van der Waals surface area contributed by atoms with Crippen LogP contribution in [-0.4, -0.2) is 0 Å². The topological polar surface area (TPSA) is 12.0 Å². The van der Waals surface area contributed by atoms with Crippen LogP contribution in [0.15, 0.2) is 48.9 Å². The number of nitrogens with one attached hydrogen (secondary N) is 1. The van der Waals surface area contributed by atoms with Gasteiger partial charge in [0.2, 0.25) is 0 Å². The van der Waals surface area contributed by atoms with E-state index in [9.17, 15) is 0 Å². The Balaban J connectivity index is 2.65. The Morgan fingerprint density at radius 3 is 2.89 bits per heavy atom. The summed E-state index contributed by atoms with van der Waals surface area (Å²) in [6, 6.07) is 0. The van der Waals surface area contributed by atoms with Crippen LogP contribution < -0.4 is 5.32 Å². The normalized spacial score (nSPS) is 19.8. The molecule has 1 aliphatic heterocycles. The molecule has 0 saturated carbocycles. The maximum atomic E-state index is 3.58. The van der Waals surface area contributed by atoms with E-state index >= 15 is 0 Å². The minimum absolute atomic E-state index is 1.08. The van der Waals surface area contributed by atoms with Crippen molar-refractivity contribution in [2.75, 3.05) is 0 Å². The molecular formula is C8H9N. The lowest BCUT2D eigenvalue weighted by atomic mass is 10.3. The molecule has 0 aliphatic carbocycles. The summed E-state index contributed by atoms with van der Waals surface area (Å²) in [5.41, 5.74) is 1.08. The van der Waals surface area contributed by atoms with Crippen molar-refractivity contribution in [1.82, 2.24) is 5.32 Å². The van der Waals surface area contributed by atoms with Crippen molar-refractivity contribution in [3.05, 3.63) is 48.9 Å². The largest absolute Gasteiger partial charge is 0.362 e. The molecule has 1 heteroatoms. The monoisotopic (exact) mass is 119 g/mol. The molecule has 0 bridgehead atoms. The van der Waals surface area contributed by atoms with E-state index in [1.165, 1.54) is 0 Å². The van der Waals surface area contributed by atoms with Gasteiger partial charge >= 0.3 is 0 Å². The smallest absolute Gasteiger partial charge is 0.0379 e. The maximum absolute atomic E-state index is 3.58. The summed E-state index contributed by atoms with van der Waals surface area (Å²) in [4.78, 5) is 0. The Kier molecular flexibility index (Phi) is 1.91. The third-order valence-electron chi connectivity index (χ3n) is 1.03. The molecule has 0 aromatic carbocycles. The van der Waals surface area contributed by atoms with E-state index in [4.69, 9.17) is 0 Å². The first-order valence-corrected chi connectivity index (χ1v) is 2.86. The molecule has 0 fully saturated rings. The lowest BCUT2D eigenvalue weighted by molar-refractivity contribution is 1.10. The van der Waals surface area contributed by atoms with Crippen molar-refractivity contribution < 1.29 is 0 Å². The lowest BCUT2D eigenvalue weighted by Crippen LogP contribution is -2.03. The van der Waals surface area contributed by atoms with Gasteiger partial charge in [0.1, 0.15) is 0 Å². The van der Waals surface area contributed by atoms with E-state index in [2.05, 4.69) is 11.9 Å². The average molecular weight is 119 g/mol. The Hall–Kier alpha value is -1.24. The van der Waals surface area contributed by atoms with Crippen LogP contribution in [0.4, 0.5) is 0 Å². The molecule has 1 heterocycles. The zero-order chi connectivity index (χ0) is 6.53. The fourth-order valence-electron chi connectivity index (χ4n) is 0.638. The molecule has 0 spiro atoms. The van der Waals surface area contributed by atoms with Gasteiger partial charge in [-0.15, -0.1) is 0 Å². The van der Waals surface area contributed by atoms with E-state index in [0.29, 0.717) is 0 Å². The minimum Gasteiger partial charge on any atom is -0.362 e. The molecule has 1 N–H and O–H groups in total. The van der Waals surface area contributed by atoms with Gasteiger partial charge in [-0.05, 0) is 18.2 Å². The zero-order valence-corrected chi connectivity index (χ0v) is 5.17. The summed E-state index contributed by atoms with van der Waals surface area (Å²) in [7, 11) is 0. The highest BCUT2D eigenvalue weighted by Crippen LogP contribution is 1.96. The zero-order valence-electron chi connectivity index (χ0n) is 5.17. The van der Waals surface area contributed by atoms with Crippen LogP contribution >= 0.6 is 0 Å². The van der Waals surface area contributed by atoms with Crippen molar-refractivity contribution in [1.29, 1.82) is 0 Å². The SMILES string of the molecule is C=C/C=C1\C=CC=CN1. The van der Waals surface area contributed by atoms with Gasteiger partial charge in [-0.2, -0.15) is 0 Å². The van der Waals surface area contributed by atoms with E-state index in [1.54, 1.807) is 6.08 Å². The van der Waals surface area contributed by atoms with Crippen molar-refractivity contribution in [2.45, 2.75) is 0 Å². The molecule has 46 valence electrons. The molecule has 0 unspecified atom stereocenters. The molecule has 1 aliphatic rings. The van der Waals surface area contributed by atoms with Crippen LogP contribution in [0.3, 0.4) is 0 Å². The summed E-state index contributed by atoms with van der Waals surface area (Å²) < 4.78 is 0. The number of rotatable bonds is 1. The number of hydrogen-bond donors (Lipinski definition) is 1. The van der Waals surface area contributed by atoms with E-state index < -0.39 is 0 Å². The molecule has 0 aromatic heterocycles. The average Bonchev–Trinajstić information content (AvgIpc) is 1.91. The van der Waals surface area contributed by atoms with Crippen molar-refractivity contribution >= 4 is 0 Å². The lowest BCUT2D eigenvalue weighted by Gasteiger charge is -2.02. The highest BCUT2D eigenvalue weighted by atomic mass is 14.8. The van der Waals surface area contributed by atoms with Crippen LogP contribution in [0.25, 0.3) is 0 Å². The van der Waals surface area contributed by atoms with Crippen LogP contribution in [0.2, 0.25) is 0 Å². The molecule has 0 amide bonds. The summed E-state index contributed by atoms with van der Waals surface area (Å²) in [5, 5.41) is 3.04. The second-order valence-electron chi connectivity index (χ2n) is 1.72. The molecule has 1 rings (SSSR count). The predicted molar refractivity (Wildman–Crippen MR) is 39.7 cm³/mol. The Labute approximate surface area is 55.1 Å². The van der Waals surface area contributed by atoms with Crippen molar-refractivity contribution in [2.24, 2.45) is 0 Å². The van der Waals surface area contributed by atoms with E-state index in [-0.39, 0.29) is 0 Å². The van der Waals surface area contributed by atoms with Gasteiger partial charge in [0.15, 0.2) is 0 Å².